The molecule has 1 amide bonds. The third-order valence-corrected chi connectivity index (χ3v) is 5.26. The molecular weight excluding hydrogens is 364 g/mol. The Balaban J connectivity index is 1.65. The number of benzene rings is 2. The molecule has 0 aliphatic carbocycles. The minimum atomic E-state index is -1.01. The van der Waals surface area contributed by atoms with E-state index in [-0.39, 0.29) is 23.7 Å². The van der Waals surface area contributed by atoms with Crippen molar-refractivity contribution in [2.24, 2.45) is 4.99 Å². The molecule has 1 aliphatic rings. The van der Waals surface area contributed by atoms with E-state index in [1.165, 1.54) is 23.9 Å². The Bertz CT molecular complexity index is 905. The van der Waals surface area contributed by atoms with Gasteiger partial charge in [-0.15, -0.1) is 0 Å². The van der Waals surface area contributed by atoms with Crippen LogP contribution in [0.25, 0.3) is 0 Å². The van der Waals surface area contributed by atoms with Crippen LogP contribution in [-0.4, -0.2) is 33.2 Å². The Hall–Kier alpha value is -2.93. The summed E-state index contributed by atoms with van der Waals surface area (Å²) >= 11 is 1.21. The zero-order valence-electron chi connectivity index (χ0n) is 14.6. The predicted molar refractivity (Wildman–Crippen MR) is 105 cm³/mol. The molecule has 2 aromatic carbocycles. The largest absolute Gasteiger partial charge is 0.478 e. The monoisotopic (exact) mass is 382 g/mol. The molecule has 2 aromatic rings. The third kappa shape index (κ3) is 4.62. The Morgan fingerprint density at radius 1 is 1.07 bits per heavy atom. The highest BCUT2D eigenvalue weighted by Gasteiger charge is 2.32. The highest BCUT2D eigenvalue weighted by atomic mass is 32.2. The van der Waals surface area contributed by atoms with E-state index in [4.69, 9.17) is 5.11 Å². The minimum absolute atomic E-state index is 0.0858. The number of nitrogens with zero attached hydrogens (tertiary/aromatic N) is 1. The lowest BCUT2D eigenvalue weighted by Crippen LogP contribution is -2.26. The summed E-state index contributed by atoms with van der Waals surface area (Å²) in [7, 11) is 0. The second kappa shape index (κ2) is 8.18. The Morgan fingerprint density at radius 3 is 2.30 bits per heavy atom. The lowest BCUT2D eigenvalue weighted by atomic mass is 10.0. The first-order valence-corrected chi connectivity index (χ1v) is 9.36. The average Bonchev–Trinajstić information content (AvgIpc) is 3.01. The van der Waals surface area contributed by atoms with Crippen molar-refractivity contribution >= 4 is 40.3 Å². The van der Waals surface area contributed by atoms with Gasteiger partial charge in [0.05, 0.1) is 16.5 Å². The highest BCUT2D eigenvalue weighted by molar-refractivity contribution is 8.15. The first kappa shape index (κ1) is 18.8. The number of carbonyl (C=O) groups excluding carboxylic acids is 2. The van der Waals surface area contributed by atoms with E-state index in [2.05, 4.69) is 10.3 Å². The van der Waals surface area contributed by atoms with Crippen LogP contribution in [0, 0.1) is 0 Å². The molecule has 138 valence electrons. The number of aryl methyl sites for hydroxylation is 1. The maximum atomic E-state index is 12.4. The Morgan fingerprint density at radius 2 is 1.70 bits per heavy atom. The zero-order valence-corrected chi connectivity index (χ0v) is 15.5. The zero-order chi connectivity index (χ0) is 19.4. The molecule has 0 bridgehead atoms. The molecule has 6 nitrogen and oxygen atoms in total. The van der Waals surface area contributed by atoms with Crippen LogP contribution in [-0.2, 0) is 11.2 Å². The van der Waals surface area contributed by atoms with E-state index in [1.807, 2.05) is 19.1 Å². The number of ketones is 1. The Kier molecular flexibility index (Phi) is 5.71. The number of rotatable bonds is 6. The van der Waals surface area contributed by atoms with Gasteiger partial charge in [0.15, 0.2) is 11.0 Å². The molecule has 1 saturated heterocycles. The molecule has 7 heteroatoms. The van der Waals surface area contributed by atoms with Crippen molar-refractivity contribution in [3.63, 3.8) is 0 Å². The molecule has 0 saturated carbocycles. The second-order valence-corrected chi connectivity index (χ2v) is 7.23. The standard InChI is InChI=1S/C20H18N2O4S/c1-2-12-3-5-13(6-4-12)16(23)11-17-18(24)22-20(27-17)21-15-9-7-14(8-10-15)19(25)26/h3-10,17H,2,11H2,1H3,(H,25,26)(H,21,22,24)/t17-/m0/s1. The summed E-state index contributed by atoms with van der Waals surface area (Å²) in [5, 5.41) is 11.5. The topological polar surface area (TPSA) is 95.8 Å². The van der Waals surface area contributed by atoms with Gasteiger partial charge >= 0.3 is 5.97 Å². The van der Waals surface area contributed by atoms with Crippen molar-refractivity contribution < 1.29 is 19.5 Å². The summed E-state index contributed by atoms with van der Waals surface area (Å²) in [6, 6.07) is 13.4. The number of carboxylic acids is 1. The number of hydrogen-bond acceptors (Lipinski definition) is 5. The van der Waals surface area contributed by atoms with Gasteiger partial charge in [-0.05, 0) is 36.2 Å². The fraction of sp³-hybridized carbons (Fsp3) is 0.200. The van der Waals surface area contributed by atoms with Crippen molar-refractivity contribution in [2.75, 3.05) is 0 Å². The minimum Gasteiger partial charge on any atom is -0.478 e. The summed E-state index contributed by atoms with van der Waals surface area (Å²) in [4.78, 5) is 39.7. The summed E-state index contributed by atoms with van der Waals surface area (Å²) in [6.45, 7) is 2.05. The van der Waals surface area contributed by atoms with Gasteiger partial charge in [0.25, 0.3) is 0 Å². The van der Waals surface area contributed by atoms with E-state index in [1.54, 1.807) is 24.3 Å². The van der Waals surface area contributed by atoms with Crippen LogP contribution >= 0.6 is 11.8 Å². The number of aromatic carboxylic acids is 1. The molecule has 1 atom stereocenters. The van der Waals surface area contributed by atoms with Gasteiger partial charge in [0, 0.05) is 12.0 Å². The maximum absolute atomic E-state index is 12.4. The molecule has 0 spiro atoms. The smallest absolute Gasteiger partial charge is 0.335 e. The van der Waals surface area contributed by atoms with Crippen molar-refractivity contribution in [2.45, 2.75) is 25.0 Å². The Labute approximate surface area is 160 Å². The number of amidine groups is 1. The summed E-state index contributed by atoms with van der Waals surface area (Å²) in [6.07, 6.45) is 1.00. The molecule has 0 unspecified atom stereocenters. The summed E-state index contributed by atoms with van der Waals surface area (Å²) < 4.78 is 0. The van der Waals surface area contributed by atoms with E-state index in [9.17, 15) is 14.4 Å². The summed E-state index contributed by atoms with van der Waals surface area (Å²) in [5.41, 5.74) is 2.45. The first-order valence-electron chi connectivity index (χ1n) is 8.48. The van der Waals surface area contributed by atoms with Gasteiger partial charge in [-0.1, -0.05) is 43.0 Å². The fourth-order valence-corrected chi connectivity index (χ4v) is 3.59. The van der Waals surface area contributed by atoms with E-state index >= 15 is 0 Å². The first-order chi connectivity index (χ1) is 13.0. The number of nitrogens with one attached hydrogen (secondary N) is 1. The summed E-state index contributed by atoms with van der Waals surface area (Å²) in [5.74, 6) is -1.35. The van der Waals surface area contributed by atoms with Gasteiger partial charge in [0.2, 0.25) is 5.91 Å². The molecular formula is C20H18N2O4S. The molecule has 1 heterocycles. The van der Waals surface area contributed by atoms with Crippen LogP contribution in [0.15, 0.2) is 53.5 Å². The van der Waals surface area contributed by atoms with Gasteiger partial charge in [-0.2, -0.15) is 0 Å². The van der Waals surface area contributed by atoms with Crippen LogP contribution in [0.5, 0.6) is 0 Å². The molecule has 2 N–H and O–H groups in total. The van der Waals surface area contributed by atoms with Crippen LogP contribution in [0.2, 0.25) is 0 Å². The SMILES string of the molecule is CCc1ccc(C(=O)C[C@@H]2SC(=Nc3ccc(C(=O)O)cc3)NC2=O)cc1. The molecule has 1 aliphatic heterocycles. The number of aliphatic imine (C=N–C) groups is 1. The molecule has 0 aromatic heterocycles. The number of carbonyl (C=O) groups is 3. The van der Waals surface area contributed by atoms with Crippen LogP contribution in [0.3, 0.4) is 0 Å². The fourth-order valence-electron chi connectivity index (χ4n) is 2.60. The average molecular weight is 382 g/mol. The number of amides is 1. The van der Waals surface area contributed by atoms with Crippen LogP contribution in [0.1, 0.15) is 39.6 Å². The number of Topliss-reactive ketones (excluding diaryl/α,β-unsaturated/α-hetero) is 1. The van der Waals surface area contributed by atoms with Gasteiger partial charge in [0.1, 0.15) is 0 Å². The van der Waals surface area contributed by atoms with Gasteiger partial charge in [-0.3, -0.25) is 9.59 Å². The van der Waals surface area contributed by atoms with E-state index in [0.29, 0.717) is 16.4 Å². The van der Waals surface area contributed by atoms with Crippen LogP contribution < -0.4 is 5.32 Å². The molecule has 3 rings (SSSR count). The lowest BCUT2D eigenvalue weighted by Gasteiger charge is -2.05. The highest BCUT2D eigenvalue weighted by Crippen LogP contribution is 2.26. The lowest BCUT2D eigenvalue weighted by molar-refractivity contribution is -0.118. The van der Waals surface area contributed by atoms with E-state index < -0.39 is 11.2 Å². The van der Waals surface area contributed by atoms with Crippen molar-refractivity contribution in [1.82, 2.24) is 5.32 Å². The number of carboxylic acid groups (broad SMARTS) is 1. The molecule has 27 heavy (non-hydrogen) atoms. The maximum Gasteiger partial charge on any atom is 0.335 e. The number of thioether (sulfide) groups is 1. The van der Waals surface area contributed by atoms with Crippen molar-refractivity contribution in [1.29, 1.82) is 0 Å². The van der Waals surface area contributed by atoms with Gasteiger partial charge in [-0.25, -0.2) is 9.79 Å². The van der Waals surface area contributed by atoms with Gasteiger partial charge < -0.3 is 10.4 Å². The van der Waals surface area contributed by atoms with Crippen molar-refractivity contribution in [3.8, 4) is 0 Å². The molecule has 1 fully saturated rings. The predicted octanol–water partition coefficient (Wildman–Crippen LogP) is 3.44. The van der Waals surface area contributed by atoms with Crippen molar-refractivity contribution in [3.05, 3.63) is 65.2 Å². The normalized spacial score (nSPS) is 17.7. The second-order valence-electron chi connectivity index (χ2n) is 6.04. The van der Waals surface area contributed by atoms with Crippen LogP contribution in [0.4, 0.5) is 5.69 Å². The third-order valence-electron chi connectivity index (χ3n) is 4.18. The molecule has 0 radical (unpaired) electrons. The van der Waals surface area contributed by atoms with E-state index in [0.717, 1.165) is 12.0 Å². The number of hydrogen-bond donors (Lipinski definition) is 2. The quantitative estimate of drug-likeness (QED) is 0.746.